The van der Waals surface area contributed by atoms with Crippen LogP contribution in [-0.2, 0) is 5.54 Å². The Bertz CT molecular complexity index is 1410. The molecule has 0 saturated heterocycles. The van der Waals surface area contributed by atoms with E-state index >= 15 is 0 Å². The van der Waals surface area contributed by atoms with Gasteiger partial charge in [-0.15, -0.1) is 0 Å². The minimum absolute atomic E-state index is 0.150. The number of hydrogen-bond donors (Lipinski definition) is 2. The van der Waals surface area contributed by atoms with Crippen LogP contribution >= 0.6 is 11.6 Å². The van der Waals surface area contributed by atoms with Crippen LogP contribution in [0.2, 0.25) is 5.02 Å². The SMILES string of the molecule is O=c1[nH]c(=O)n(-c2ccc(Cl)cc2)c2c1C(C(F)(F)F)(C(F)(F)F)N=C(c1ccccc1F)N2. The predicted octanol–water partition coefficient (Wildman–Crippen LogP) is 4.51. The summed E-state index contributed by atoms with van der Waals surface area (Å²) in [5, 5.41) is 2.29. The highest BCUT2D eigenvalue weighted by Gasteiger charge is 2.75. The zero-order chi connectivity index (χ0) is 25.1. The normalized spacial score (nSPS) is 15.4. The molecular weight excluding hydrogens is 497 g/mol. The first-order chi connectivity index (χ1) is 15.8. The quantitative estimate of drug-likeness (QED) is 0.502. The number of nitrogens with one attached hydrogen (secondary N) is 2. The number of aliphatic imine (C=N–C) groups is 1. The van der Waals surface area contributed by atoms with E-state index in [4.69, 9.17) is 11.6 Å². The molecule has 0 fully saturated rings. The molecule has 0 spiro atoms. The number of aromatic nitrogens is 2. The molecule has 178 valence electrons. The van der Waals surface area contributed by atoms with E-state index in [1.807, 2.05) is 0 Å². The van der Waals surface area contributed by atoms with Crippen LogP contribution in [0.15, 0.2) is 63.1 Å². The summed E-state index contributed by atoms with van der Waals surface area (Å²) in [6, 6.07) is 8.69. The predicted molar refractivity (Wildman–Crippen MR) is 108 cm³/mol. The van der Waals surface area contributed by atoms with Gasteiger partial charge in [0.05, 0.1) is 11.3 Å². The molecule has 6 nitrogen and oxygen atoms in total. The topological polar surface area (TPSA) is 79.2 Å². The molecule has 3 aromatic rings. The summed E-state index contributed by atoms with van der Waals surface area (Å²) in [7, 11) is 0. The third-order valence-corrected chi connectivity index (χ3v) is 5.28. The van der Waals surface area contributed by atoms with E-state index in [-0.39, 0.29) is 10.7 Å². The van der Waals surface area contributed by atoms with Crippen LogP contribution in [0.4, 0.5) is 36.6 Å². The Morgan fingerprint density at radius 2 is 1.50 bits per heavy atom. The van der Waals surface area contributed by atoms with E-state index in [0.717, 1.165) is 36.4 Å². The van der Waals surface area contributed by atoms with Gasteiger partial charge in [0.15, 0.2) is 0 Å². The number of amidine groups is 1. The Labute approximate surface area is 189 Å². The third kappa shape index (κ3) is 3.47. The molecule has 1 aliphatic rings. The molecule has 0 amide bonds. The summed E-state index contributed by atoms with van der Waals surface area (Å²) in [4.78, 5) is 29.4. The van der Waals surface area contributed by atoms with E-state index in [0.29, 0.717) is 4.57 Å². The Balaban J connectivity index is 2.20. The number of nitrogens with zero attached hydrogens (tertiary/aromatic N) is 2. The number of anilines is 1. The second-order valence-corrected chi connectivity index (χ2v) is 7.50. The van der Waals surface area contributed by atoms with E-state index in [1.54, 1.807) is 0 Å². The number of benzene rings is 2. The van der Waals surface area contributed by atoms with Crippen LogP contribution in [0.3, 0.4) is 0 Å². The Kier molecular flexibility index (Phi) is 5.35. The first-order valence-electron chi connectivity index (χ1n) is 9.19. The second kappa shape index (κ2) is 7.72. The smallest absolute Gasteiger partial charge is 0.325 e. The van der Waals surface area contributed by atoms with Crippen LogP contribution in [-0.4, -0.2) is 27.7 Å². The molecule has 0 radical (unpaired) electrons. The van der Waals surface area contributed by atoms with Gasteiger partial charge in [-0.05, 0) is 36.4 Å². The van der Waals surface area contributed by atoms with Crippen molar-refractivity contribution in [1.29, 1.82) is 0 Å². The van der Waals surface area contributed by atoms with Crippen molar-refractivity contribution in [3.8, 4) is 5.69 Å². The fourth-order valence-electron chi connectivity index (χ4n) is 3.54. The highest BCUT2D eigenvalue weighted by atomic mass is 35.5. The number of aromatic amines is 1. The maximum atomic E-state index is 14.4. The third-order valence-electron chi connectivity index (χ3n) is 5.02. The lowest BCUT2D eigenvalue weighted by molar-refractivity contribution is -0.301. The molecule has 14 heteroatoms. The van der Waals surface area contributed by atoms with Gasteiger partial charge in [0.1, 0.15) is 23.0 Å². The molecule has 0 saturated carbocycles. The van der Waals surface area contributed by atoms with Crippen molar-refractivity contribution in [3.05, 3.63) is 91.3 Å². The van der Waals surface area contributed by atoms with Gasteiger partial charge in [-0.2, -0.15) is 26.3 Å². The van der Waals surface area contributed by atoms with Crippen molar-refractivity contribution < 1.29 is 30.7 Å². The van der Waals surface area contributed by atoms with Gasteiger partial charge in [-0.3, -0.25) is 9.78 Å². The molecule has 1 aliphatic heterocycles. The number of rotatable bonds is 2. The van der Waals surface area contributed by atoms with Crippen molar-refractivity contribution in [1.82, 2.24) is 9.55 Å². The maximum absolute atomic E-state index is 14.4. The number of hydrogen-bond acceptors (Lipinski definition) is 4. The van der Waals surface area contributed by atoms with Crippen LogP contribution < -0.4 is 16.6 Å². The lowest BCUT2D eigenvalue weighted by Crippen LogP contribution is -2.59. The van der Waals surface area contributed by atoms with Crippen molar-refractivity contribution in [2.24, 2.45) is 4.99 Å². The number of H-pyrrole nitrogens is 1. The van der Waals surface area contributed by atoms with E-state index in [1.165, 1.54) is 17.1 Å². The van der Waals surface area contributed by atoms with Crippen molar-refractivity contribution in [2.75, 3.05) is 5.32 Å². The lowest BCUT2D eigenvalue weighted by Gasteiger charge is -2.38. The fourth-order valence-corrected chi connectivity index (χ4v) is 3.67. The minimum Gasteiger partial charge on any atom is -0.325 e. The van der Waals surface area contributed by atoms with Gasteiger partial charge < -0.3 is 5.32 Å². The zero-order valence-corrected chi connectivity index (χ0v) is 17.1. The average molecular weight is 507 g/mol. The first-order valence-corrected chi connectivity index (χ1v) is 9.56. The van der Waals surface area contributed by atoms with Gasteiger partial charge in [0, 0.05) is 5.02 Å². The van der Waals surface area contributed by atoms with Crippen LogP contribution in [0, 0.1) is 5.82 Å². The molecule has 0 unspecified atom stereocenters. The molecule has 0 atom stereocenters. The standard InChI is InChI=1S/C20H10ClF7N4O2/c21-9-5-7-10(8-6-9)32-15-13(16(33)30-17(32)34)18(19(23,24)25,20(26,27)28)31-14(29-15)11-3-1-2-4-12(11)22/h1-8H,(H,29,31)(H,30,33,34). The first kappa shape index (κ1) is 23.5. The van der Waals surface area contributed by atoms with E-state index < -0.39 is 57.7 Å². The summed E-state index contributed by atoms with van der Waals surface area (Å²) in [6.07, 6.45) is -12.4. The molecule has 2 heterocycles. The summed E-state index contributed by atoms with van der Waals surface area (Å²) in [6.45, 7) is 0. The van der Waals surface area contributed by atoms with Crippen LogP contribution in [0.25, 0.3) is 5.69 Å². The molecule has 0 aliphatic carbocycles. The monoisotopic (exact) mass is 506 g/mol. The molecule has 34 heavy (non-hydrogen) atoms. The van der Waals surface area contributed by atoms with Crippen molar-refractivity contribution in [3.63, 3.8) is 0 Å². The lowest BCUT2D eigenvalue weighted by atomic mass is 9.87. The molecule has 1 aromatic heterocycles. The average Bonchev–Trinajstić information content (AvgIpc) is 2.73. The summed E-state index contributed by atoms with van der Waals surface area (Å²) < 4.78 is 100. The Hall–Kier alpha value is -3.61. The molecule has 4 rings (SSSR count). The highest BCUT2D eigenvalue weighted by Crippen LogP contribution is 2.55. The summed E-state index contributed by atoms with van der Waals surface area (Å²) >= 11 is 5.77. The fraction of sp³-hybridized carbons (Fsp3) is 0.150. The number of alkyl halides is 6. The van der Waals surface area contributed by atoms with Gasteiger partial charge in [-0.25, -0.2) is 18.7 Å². The largest absolute Gasteiger partial charge is 0.427 e. The molecule has 2 aromatic carbocycles. The summed E-state index contributed by atoms with van der Waals surface area (Å²) in [5.74, 6) is -3.56. The summed E-state index contributed by atoms with van der Waals surface area (Å²) in [5.41, 5.74) is -11.4. The second-order valence-electron chi connectivity index (χ2n) is 7.07. The van der Waals surface area contributed by atoms with Crippen molar-refractivity contribution in [2.45, 2.75) is 17.9 Å². The maximum Gasteiger partial charge on any atom is 0.427 e. The van der Waals surface area contributed by atoms with E-state index in [9.17, 15) is 40.3 Å². The van der Waals surface area contributed by atoms with E-state index in [2.05, 4.69) is 10.3 Å². The van der Waals surface area contributed by atoms with Crippen molar-refractivity contribution >= 4 is 23.3 Å². The van der Waals surface area contributed by atoms with Gasteiger partial charge >= 0.3 is 18.0 Å². The van der Waals surface area contributed by atoms with Gasteiger partial charge in [-0.1, -0.05) is 23.7 Å². The zero-order valence-electron chi connectivity index (χ0n) is 16.4. The van der Waals surface area contributed by atoms with Crippen LogP contribution in [0.5, 0.6) is 0 Å². The Morgan fingerprint density at radius 3 is 2.06 bits per heavy atom. The number of halogens is 8. The Morgan fingerprint density at radius 1 is 0.912 bits per heavy atom. The minimum atomic E-state index is -6.21. The van der Waals surface area contributed by atoms with Gasteiger partial charge in [0.2, 0.25) is 0 Å². The highest BCUT2D eigenvalue weighted by molar-refractivity contribution is 6.30. The molecule has 2 N–H and O–H groups in total. The van der Waals surface area contributed by atoms with Crippen LogP contribution in [0.1, 0.15) is 11.1 Å². The molecule has 0 bridgehead atoms. The van der Waals surface area contributed by atoms with Gasteiger partial charge in [0.25, 0.3) is 11.1 Å². The molecular formula is C20H10ClF7N4O2. The number of fused-ring (bicyclic) bond motifs is 1.